The molecule has 2 heterocycles. The molecule has 1 saturated heterocycles. The number of thiophene rings is 1. The third kappa shape index (κ3) is 4.85. The first-order valence-corrected chi connectivity index (χ1v) is 8.71. The molecule has 1 fully saturated rings. The maximum Gasteiger partial charge on any atom is 0.0446 e. The Bertz CT molecular complexity index is 367. The van der Waals surface area contributed by atoms with Gasteiger partial charge in [-0.25, -0.2) is 0 Å². The van der Waals surface area contributed by atoms with E-state index in [1.165, 1.54) is 18.5 Å². The largest absolute Gasteiger partial charge is 0.396 e. The van der Waals surface area contributed by atoms with E-state index >= 15 is 0 Å². The molecule has 1 aromatic heterocycles. The van der Waals surface area contributed by atoms with Crippen molar-refractivity contribution in [2.24, 2.45) is 5.92 Å². The van der Waals surface area contributed by atoms with Gasteiger partial charge in [0.05, 0.1) is 0 Å². The molecule has 0 aliphatic carbocycles. The molecule has 1 aromatic rings. The lowest BCUT2D eigenvalue weighted by molar-refractivity contribution is 0.0524. The standard InChI is InChI=1S/C16H28N2OS/c1-14(2)3-6-18-8-7-17(12-16(18)4-9-19)11-15-5-10-20-13-15/h5,10,13-14,16,19H,3-4,6-9,11-12H2,1-2H3/t16-/m1/s1. The molecule has 0 radical (unpaired) electrons. The minimum Gasteiger partial charge on any atom is -0.396 e. The van der Waals surface area contributed by atoms with Gasteiger partial charge in [-0.3, -0.25) is 9.80 Å². The Morgan fingerprint density at radius 3 is 2.90 bits per heavy atom. The number of hydrogen-bond acceptors (Lipinski definition) is 4. The van der Waals surface area contributed by atoms with Gasteiger partial charge in [-0.05, 0) is 47.7 Å². The molecular formula is C16H28N2OS. The van der Waals surface area contributed by atoms with Crippen LogP contribution < -0.4 is 0 Å². The second-order valence-corrected chi connectivity index (χ2v) is 7.03. The Kier molecular flexibility index (Phi) is 6.49. The number of piperazine rings is 1. The molecule has 1 aliphatic heterocycles. The van der Waals surface area contributed by atoms with E-state index < -0.39 is 0 Å². The van der Waals surface area contributed by atoms with Gasteiger partial charge in [0.25, 0.3) is 0 Å². The van der Waals surface area contributed by atoms with E-state index in [9.17, 15) is 5.11 Å². The fourth-order valence-corrected chi connectivity index (χ4v) is 3.54. The fraction of sp³-hybridized carbons (Fsp3) is 0.750. The molecule has 20 heavy (non-hydrogen) atoms. The molecule has 0 spiro atoms. The first-order valence-electron chi connectivity index (χ1n) is 7.77. The molecule has 3 nitrogen and oxygen atoms in total. The second-order valence-electron chi connectivity index (χ2n) is 6.25. The lowest BCUT2D eigenvalue weighted by Crippen LogP contribution is -2.53. The average molecular weight is 296 g/mol. The SMILES string of the molecule is CC(C)CCN1CCN(Cc2ccsc2)C[C@H]1CCO. The third-order valence-electron chi connectivity index (χ3n) is 4.13. The van der Waals surface area contributed by atoms with E-state index in [1.54, 1.807) is 11.3 Å². The summed E-state index contributed by atoms with van der Waals surface area (Å²) in [6, 6.07) is 2.74. The average Bonchev–Trinajstić information content (AvgIpc) is 2.91. The summed E-state index contributed by atoms with van der Waals surface area (Å²) in [7, 11) is 0. The number of aliphatic hydroxyl groups excluding tert-OH is 1. The maximum atomic E-state index is 9.31. The van der Waals surface area contributed by atoms with Crippen molar-refractivity contribution >= 4 is 11.3 Å². The zero-order valence-corrected chi connectivity index (χ0v) is 13.6. The zero-order chi connectivity index (χ0) is 14.4. The van der Waals surface area contributed by atoms with Crippen LogP contribution in [0.4, 0.5) is 0 Å². The maximum absolute atomic E-state index is 9.31. The van der Waals surface area contributed by atoms with Gasteiger partial charge in [0.1, 0.15) is 0 Å². The van der Waals surface area contributed by atoms with Gasteiger partial charge in [0.15, 0.2) is 0 Å². The van der Waals surface area contributed by atoms with Crippen LogP contribution in [-0.4, -0.2) is 53.7 Å². The van der Waals surface area contributed by atoms with E-state index in [-0.39, 0.29) is 0 Å². The van der Waals surface area contributed by atoms with E-state index in [0.717, 1.165) is 38.5 Å². The summed E-state index contributed by atoms with van der Waals surface area (Å²) < 4.78 is 0. The van der Waals surface area contributed by atoms with Crippen LogP contribution in [0, 0.1) is 5.92 Å². The summed E-state index contributed by atoms with van der Waals surface area (Å²) in [5.74, 6) is 0.758. The smallest absolute Gasteiger partial charge is 0.0446 e. The number of nitrogens with zero attached hydrogens (tertiary/aromatic N) is 2. The Labute approximate surface area is 127 Å². The summed E-state index contributed by atoms with van der Waals surface area (Å²) >= 11 is 1.77. The molecule has 0 aromatic carbocycles. The van der Waals surface area contributed by atoms with E-state index in [2.05, 4.69) is 40.5 Å². The van der Waals surface area contributed by atoms with Gasteiger partial charge in [-0.2, -0.15) is 11.3 Å². The highest BCUT2D eigenvalue weighted by atomic mass is 32.1. The van der Waals surface area contributed by atoms with Crippen molar-refractivity contribution in [2.45, 2.75) is 39.3 Å². The molecule has 0 bridgehead atoms. The molecule has 4 heteroatoms. The Hall–Kier alpha value is -0.420. The number of rotatable bonds is 7. The summed E-state index contributed by atoms with van der Waals surface area (Å²) in [5.41, 5.74) is 1.42. The van der Waals surface area contributed by atoms with Crippen LogP contribution in [0.5, 0.6) is 0 Å². The summed E-state index contributed by atoms with van der Waals surface area (Å²) in [6.45, 7) is 10.5. The van der Waals surface area contributed by atoms with Gasteiger partial charge in [0.2, 0.25) is 0 Å². The van der Waals surface area contributed by atoms with Crippen molar-refractivity contribution in [3.05, 3.63) is 22.4 Å². The van der Waals surface area contributed by atoms with Gasteiger partial charge >= 0.3 is 0 Å². The van der Waals surface area contributed by atoms with Crippen molar-refractivity contribution in [2.75, 3.05) is 32.8 Å². The second kappa shape index (κ2) is 8.13. The summed E-state index contributed by atoms with van der Waals surface area (Å²) in [5, 5.41) is 13.7. The van der Waals surface area contributed by atoms with E-state index in [4.69, 9.17) is 0 Å². The molecule has 0 amide bonds. The van der Waals surface area contributed by atoms with Crippen molar-refractivity contribution in [1.29, 1.82) is 0 Å². The predicted octanol–water partition coefficient (Wildman–Crippen LogP) is 2.66. The molecule has 114 valence electrons. The van der Waals surface area contributed by atoms with Crippen LogP contribution in [0.25, 0.3) is 0 Å². The van der Waals surface area contributed by atoms with Gasteiger partial charge in [-0.1, -0.05) is 13.8 Å². The van der Waals surface area contributed by atoms with Gasteiger partial charge < -0.3 is 5.11 Å². The molecule has 1 atom stereocenters. The topological polar surface area (TPSA) is 26.7 Å². The van der Waals surface area contributed by atoms with Crippen molar-refractivity contribution < 1.29 is 5.11 Å². The van der Waals surface area contributed by atoms with E-state index in [0.29, 0.717) is 12.6 Å². The Balaban J connectivity index is 1.86. The van der Waals surface area contributed by atoms with Crippen molar-refractivity contribution in [3.63, 3.8) is 0 Å². The van der Waals surface area contributed by atoms with Crippen molar-refractivity contribution in [1.82, 2.24) is 9.80 Å². The first-order chi connectivity index (χ1) is 9.69. The molecule has 2 rings (SSSR count). The minimum absolute atomic E-state index is 0.301. The fourth-order valence-electron chi connectivity index (χ4n) is 2.88. The molecule has 0 unspecified atom stereocenters. The normalized spacial score (nSPS) is 21.7. The third-order valence-corrected chi connectivity index (χ3v) is 4.86. The zero-order valence-electron chi connectivity index (χ0n) is 12.8. The van der Waals surface area contributed by atoms with Crippen LogP contribution in [0.2, 0.25) is 0 Å². The highest BCUT2D eigenvalue weighted by molar-refractivity contribution is 7.07. The number of hydrogen-bond donors (Lipinski definition) is 1. The Morgan fingerprint density at radius 2 is 2.25 bits per heavy atom. The van der Waals surface area contributed by atoms with Crippen LogP contribution in [0.3, 0.4) is 0 Å². The molecule has 0 saturated carbocycles. The monoisotopic (exact) mass is 296 g/mol. The summed E-state index contributed by atoms with van der Waals surface area (Å²) in [6.07, 6.45) is 2.16. The quantitative estimate of drug-likeness (QED) is 0.838. The number of aliphatic hydroxyl groups is 1. The highest BCUT2D eigenvalue weighted by Gasteiger charge is 2.26. The molecule has 1 aliphatic rings. The highest BCUT2D eigenvalue weighted by Crippen LogP contribution is 2.18. The van der Waals surface area contributed by atoms with Gasteiger partial charge in [0, 0.05) is 38.8 Å². The van der Waals surface area contributed by atoms with Crippen LogP contribution in [0.1, 0.15) is 32.3 Å². The van der Waals surface area contributed by atoms with Crippen molar-refractivity contribution in [3.8, 4) is 0 Å². The van der Waals surface area contributed by atoms with Gasteiger partial charge in [-0.15, -0.1) is 0 Å². The lowest BCUT2D eigenvalue weighted by Gasteiger charge is -2.41. The van der Waals surface area contributed by atoms with Crippen LogP contribution >= 0.6 is 11.3 Å². The van der Waals surface area contributed by atoms with Crippen LogP contribution in [-0.2, 0) is 6.54 Å². The lowest BCUT2D eigenvalue weighted by atomic mass is 10.1. The van der Waals surface area contributed by atoms with Crippen LogP contribution in [0.15, 0.2) is 16.8 Å². The summed E-state index contributed by atoms with van der Waals surface area (Å²) in [4.78, 5) is 5.12. The first kappa shape index (κ1) is 16.0. The molecule has 1 N–H and O–H groups in total. The minimum atomic E-state index is 0.301. The molecular weight excluding hydrogens is 268 g/mol. The van der Waals surface area contributed by atoms with E-state index in [1.807, 2.05) is 0 Å². The Morgan fingerprint density at radius 1 is 1.40 bits per heavy atom. The predicted molar refractivity (Wildman–Crippen MR) is 86.1 cm³/mol.